The first kappa shape index (κ1) is 19.0. The predicted octanol–water partition coefficient (Wildman–Crippen LogP) is 5.16. The number of rotatable bonds is 5. The minimum absolute atomic E-state index is 0.0311. The number of halogens is 4. The number of anilines is 1. The Morgan fingerprint density at radius 1 is 0.966 bits per heavy atom. The Morgan fingerprint density at radius 3 is 2.45 bits per heavy atom. The molecular formula is C21H15F4NO3. The first-order chi connectivity index (χ1) is 13.9. The molecule has 0 saturated carbocycles. The SMILES string of the molecule is O=C(Nc1c(F)c(F)cc(F)c1F)c1ccc(COc2ccc3c(c2)CCC3)o1. The van der Waals surface area contributed by atoms with Gasteiger partial charge in [0, 0.05) is 6.07 Å². The van der Waals surface area contributed by atoms with Gasteiger partial charge in [0.25, 0.3) is 5.91 Å². The third kappa shape index (κ3) is 3.83. The molecule has 3 aromatic rings. The minimum atomic E-state index is -1.70. The van der Waals surface area contributed by atoms with Crippen molar-refractivity contribution in [3.63, 3.8) is 0 Å². The first-order valence-corrected chi connectivity index (χ1v) is 8.90. The highest BCUT2D eigenvalue weighted by molar-refractivity contribution is 6.02. The molecule has 0 radical (unpaired) electrons. The number of carbonyl (C=O) groups excluding carboxylic acids is 1. The Hall–Kier alpha value is -3.29. The van der Waals surface area contributed by atoms with Crippen LogP contribution in [0.4, 0.5) is 23.2 Å². The number of fused-ring (bicyclic) bond motifs is 1. The van der Waals surface area contributed by atoms with Gasteiger partial charge in [-0.05, 0) is 54.7 Å². The van der Waals surface area contributed by atoms with Crippen molar-refractivity contribution >= 4 is 11.6 Å². The van der Waals surface area contributed by atoms with Crippen molar-refractivity contribution in [2.45, 2.75) is 25.9 Å². The summed E-state index contributed by atoms with van der Waals surface area (Å²) in [4.78, 5) is 12.1. The molecule has 0 aliphatic heterocycles. The van der Waals surface area contributed by atoms with E-state index in [2.05, 4.69) is 0 Å². The molecule has 1 amide bonds. The monoisotopic (exact) mass is 405 g/mol. The second-order valence-electron chi connectivity index (χ2n) is 6.64. The molecule has 1 N–H and O–H groups in total. The van der Waals surface area contributed by atoms with Gasteiger partial charge in [-0.2, -0.15) is 0 Å². The predicted molar refractivity (Wildman–Crippen MR) is 95.7 cm³/mol. The van der Waals surface area contributed by atoms with Crippen LogP contribution in [0.3, 0.4) is 0 Å². The van der Waals surface area contributed by atoms with Crippen LogP contribution in [0.2, 0.25) is 0 Å². The lowest BCUT2D eigenvalue weighted by molar-refractivity contribution is 0.0991. The van der Waals surface area contributed by atoms with Gasteiger partial charge in [-0.25, -0.2) is 17.6 Å². The standard InChI is InChI=1S/C21H15F4NO3/c22-15-9-16(23)19(25)20(18(15)24)26-21(27)17-7-6-14(29-17)10-28-13-5-4-11-2-1-3-12(11)8-13/h4-9H,1-3,10H2,(H,26,27). The van der Waals surface area contributed by atoms with E-state index in [0.29, 0.717) is 11.5 Å². The van der Waals surface area contributed by atoms with Gasteiger partial charge in [-0.1, -0.05) is 6.07 Å². The fraction of sp³-hybridized carbons (Fsp3) is 0.190. The van der Waals surface area contributed by atoms with E-state index in [9.17, 15) is 22.4 Å². The van der Waals surface area contributed by atoms with E-state index in [4.69, 9.17) is 9.15 Å². The van der Waals surface area contributed by atoms with Crippen molar-refractivity contribution in [2.75, 3.05) is 5.32 Å². The van der Waals surface area contributed by atoms with Gasteiger partial charge in [0.15, 0.2) is 29.0 Å². The summed E-state index contributed by atoms with van der Waals surface area (Å²) in [7, 11) is 0. The molecule has 0 atom stereocenters. The van der Waals surface area contributed by atoms with Gasteiger partial charge in [0.05, 0.1) is 0 Å². The number of ether oxygens (including phenoxy) is 1. The van der Waals surface area contributed by atoms with Gasteiger partial charge < -0.3 is 14.5 Å². The molecule has 2 aromatic carbocycles. The lowest BCUT2D eigenvalue weighted by Gasteiger charge is -2.08. The Labute approximate surface area is 163 Å². The Bertz CT molecular complexity index is 1070. The highest BCUT2D eigenvalue weighted by atomic mass is 19.2. The molecule has 1 aliphatic rings. The molecular weight excluding hydrogens is 390 g/mol. The summed E-state index contributed by atoms with van der Waals surface area (Å²) >= 11 is 0. The van der Waals surface area contributed by atoms with Crippen LogP contribution in [-0.4, -0.2) is 5.91 Å². The van der Waals surface area contributed by atoms with Gasteiger partial charge in [-0.15, -0.1) is 0 Å². The molecule has 0 bridgehead atoms. The number of carbonyl (C=O) groups is 1. The number of nitrogens with one attached hydrogen (secondary N) is 1. The molecule has 150 valence electrons. The van der Waals surface area contributed by atoms with Gasteiger partial charge in [0.1, 0.15) is 23.8 Å². The van der Waals surface area contributed by atoms with Crippen LogP contribution in [0.15, 0.2) is 40.8 Å². The number of furan rings is 1. The summed E-state index contributed by atoms with van der Waals surface area (Å²) in [5, 5.41) is 1.79. The van der Waals surface area contributed by atoms with Crippen LogP contribution in [0.5, 0.6) is 5.75 Å². The first-order valence-electron chi connectivity index (χ1n) is 8.90. The molecule has 0 fully saturated rings. The zero-order valence-electron chi connectivity index (χ0n) is 15.0. The van der Waals surface area contributed by atoms with E-state index in [1.807, 2.05) is 18.2 Å². The van der Waals surface area contributed by atoms with E-state index in [1.54, 1.807) is 5.32 Å². The van der Waals surface area contributed by atoms with Gasteiger partial charge in [0.2, 0.25) is 0 Å². The quantitative estimate of drug-likeness (QED) is 0.472. The average molecular weight is 405 g/mol. The zero-order valence-corrected chi connectivity index (χ0v) is 15.0. The van der Waals surface area contributed by atoms with Crippen LogP contribution < -0.4 is 10.1 Å². The largest absolute Gasteiger partial charge is 0.486 e. The highest BCUT2D eigenvalue weighted by Crippen LogP contribution is 2.27. The lowest BCUT2D eigenvalue weighted by Crippen LogP contribution is -2.15. The van der Waals surface area contributed by atoms with Crippen LogP contribution >= 0.6 is 0 Å². The number of benzene rings is 2. The fourth-order valence-electron chi connectivity index (χ4n) is 3.23. The topological polar surface area (TPSA) is 51.5 Å². The van der Waals surface area contributed by atoms with Crippen molar-refractivity contribution in [3.05, 3.63) is 82.3 Å². The van der Waals surface area contributed by atoms with Crippen LogP contribution in [0.1, 0.15) is 33.9 Å². The Balaban J connectivity index is 1.43. The van der Waals surface area contributed by atoms with E-state index < -0.39 is 34.9 Å². The molecule has 0 saturated heterocycles. The van der Waals surface area contributed by atoms with Crippen LogP contribution in [0.25, 0.3) is 0 Å². The molecule has 1 aliphatic carbocycles. The summed E-state index contributed by atoms with van der Waals surface area (Å²) in [6, 6.07) is 8.61. The molecule has 1 heterocycles. The molecule has 4 nitrogen and oxygen atoms in total. The van der Waals surface area contributed by atoms with E-state index in [1.165, 1.54) is 23.3 Å². The second-order valence-corrected chi connectivity index (χ2v) is 6.64. The maximum Gasteiger partial charge on any atom is 0.291 e. The minimum Gasteiger partial charge on any atom is -0.486 e. The third-order valence-electron chi connectivity index (χ3n) is 4.69. The Morgan fingerprint density at radius 2 is 1.69 bits per heavy atom. The average Bonchev–Trinajstić information content (AvgIpc) is 3.37. The summed E-state index contributed by atoms with van der Waals surface area (Å²) in [6.07, 6.45) is 3.18. The number of aryl methyl sites for hydroxylation is 2. The molecule has 29 heavy (non-hydrogen) atoms. The van der Waals surface area contributed by atoms with Crippen molar-refractivity contribution in [3.8, 4) is 5.75 Å². The van der Waals surface area contributed by atoms with Gasteiger partial charge in [-0.3, -0.25) is 4.79 Å². The van der Waals surface area contributed by atoms with Gasteiger partial charge >= 0.3 is 0 Å². The smallest absolute Gasteiger partial charge is 0.291 e. The number of amides is 1. The van der Waals surface area contributed by atoms with E-state index >= 15 is 0 Å². The summed E-state index contributed by atoms with van der Waals surface area (Å²) in [5.74, 6) is -7.05. The molecule has 0 spiro atoms. The highest BCUT2D eigenvalue weighted by Gasteiger charge is 2.22. The summed E-state index contributed by atoms with van der Waals surface area (Å²) in [5.41, 5.74) is 1.33. The normalized spacial score (nSPS) is 12.7. The maximum atomic E-state index is 13.7. The Kier molecular flexibility index (Phi) is 5.00. The molecule has 4 rings (SSSR count). The lowest BCUT2D eigenvalue weighted by atomic mass is 10.1. The molecule has 0 unspecified atom stereocenters. The van der Waals surface area contributed by atoms with E-state index in [0.717, 1.165) is 19.3 Å². The maximum absolute atomic E-state index is 13.7. The molecule has 8 heteroatoms. The van der Waals surface area contributed by atoms with Crippen LogP contribution in [0, 0.1) is 23.3 Å². The summed E-state index contributed by atoms with van der Waals surface area (Å²) in [6.45, 7) is 0.0311. The third-order valence-corrected chi connectivity index (χ3v) is 4.69. The van der Waals surface area contributed by atoms with Crippen molar-refractivity contribution in [1.29, 1.82) is 0 Å². The van der Waals surface area contributed by atoms with E-state index in [-0.39, 0.29) is 18.4 Å². The summed E-state index contributed by atoms with van der Waals surface area (Å²) < 4.78 is 64.8. The zero-order chi connectivity index (χ0) is 20.5. The second kappa shape index (κ2) is 7.62. The number of hydrogen-bond donors (Lipinski definition) is 1. The molecule has 1 aromatic heterocycles. The van der Waals surface area contributed by atoms with Crippen molar-refractivity contribution in [1.82, 2.24) is 0 Å². The van der Waals surface area contributed by atoms with Crippen molar-refractivity contribution in [2.24, 2.45) is 0 Å². The van der Waals surface area contributed by atoms with Crippen molar-refractivity contribution < 1.29 is 31.5 Å². The number of hydrogen-bond acceptors (Lipinski definition) is 3. The fourth-order valence-corrected chi connectivity index (χ4v) is 3.23. The van der Waals surface area contributed by atoms with Crippen LogP contribution in [-0.2, 0) is 19.4 Å².